The molecule has 0 fully saturated rings. The molecule has 0 aliphatic heterocycles. The first-order chi connectivity index (χ1) is 7.06. The van der Waals surface area contributed by atoms with Crippen molar-refractivity contribution in [1.29, 1.82) is 0 Å². The first kappa shape index (κ1) is 12.1. The average Bonchev–Trinajstić information content (AvgIpc) is 2.17. The Kier molecular flexibility index (Phi) is 4.22. The summed E-state index contributed by atoms with van der Waals surface area (Å²) in [7, 11) is 0. The van der Waals surface area contributed by atoms with E-state index in [0.29, 0.717) is 0 Å². The maximum atomic E-state index is 9.63. The third-order valence-electron chi connectivity index (χ3n) is 1.93. The van der Waals surface area contributed by atoms with Gasteiger partial charge in [-0.2, -0.15) is 0 Å². The largest absolute Gasteiger partial charge is 0.396 e. The van der Waals surface area contributed by atoms with Gasteiger partial charge in [0.05, 0.1) is 6.10 Å². The van der Waals surface area contributed by atoms with Crippen molar-refractivity contribution >= 4 is 17.4 Å². The minimum absolute atomic E-state index is 0.0134. The molecule has 0 spiro atoms. The summed E-state index contributed by atoms with van der Waals surface area (Å²) in [5.41, 5.74) is 5.68. The molecule has 0 amide bonds. The summed E-state index contributed by atoms with van der Waals surface area (Å²) < 4.78 is 0. The van der Waals surface area contributed by atoms with Gasteiger partial charge in [0, 0.05) is 18.4 Å². The average molecular weight is 234 g/mol. The van der Waals surface area contributed by atoms with Crippen molar-refractivity contribution < 1.29 is 15.3 Å². The SMILES string of the molecule is Nc1nc(Cl)ncc1C(O)C(O)CCO. The predicted octanol–water partition coefficient (Wildman–Crippen LogP) is -0.511. The fraction of sp³-hybridized carbons (Fsp3) is 0.500. The van der Waals surface area contributed by atoms with Crippen LogP contribution >= 0.6 is 11.6 Å². The lowest BCUT2D eigenvalue weighted by molar-refractivity contribution is 0.00428. The molecule has 1 heterocycles. The minimum atomic E-state index is -1.23. The van der Waals surface area contributed by atoms with Crippen molar-refractivity contribution in [1.82, 2.24) is 9.97 Å². The van der Waals surface area contributed by atoms with Gasteiger partial charge in [-0.05, 0) is 18.0 Å². The zero-order chi connectivity index (χ0) is 11.4. The molecule has 1 aromatic rings. The van der Waals surface area contributed by atoms with E-state index in [-0.39, 0.29) is 29.7 Å². The molecule has 0 aliphatic rings. The number of aliphatic hydroxyl groups is 3. The maximum absolute atomic E-state index is 9.63. The number of nitrogen functional groups attached to an aromatic ring is 1. The van der Waals surface area contributed by atoms with Crippen LogP contribution in [0, 0.1) is 0 Å². The number of aromatic nitrogens is 2. The molecule has 2 unspecified atom stereocenters. The molecule has 1 rings (SSSR count). The number of rotatable bonds is 4. The minimum Gasteiger partial charge on any atom is -0.396 e. The number of nitrogens with zero attached hydrogens (tertiary/aromatic N) is 2. The van der Waals surface area contributed by atoms with E-state index in [1.807, 2.05) is 0 Å². The molecule has 0 aromatic carbocycles. The Morgan fingerprint density at radius 2 is 2.13 bits per heavy atom. The summed E-state index contributed by atoms with van der Waals surface area (Å²) in [6.07, 6.45) is -1.05. The highest BCUT2D eigenvalue weighted by molar-refractivity contribution is 6.28. The predicted molar refractivity (Wildman–Crippen MR) is 54.1 cm³/mol. The second-order valence-electron chi connectivity index (χ2n) is 3.00. The second-order valence-corrected chi connectivity index (χ2v) is 3.34. The molecular weight excluding hydrogens is 222 g/mol. The van der Waals surface area contributed by atoms with Gasteiger partial charge in [0.1, 0.15) is 11.9 Å². The second kappa shape index (κ2) is 5.22. The third kappa shape index (κ3) is 3.00. The molecule has 7 heteroatoms. The molecule has 0 bridgehead atoms. The molecule has 5 N–H and O–H groups in total. The van der Waals surface area contributed by atoms with Crippen LogP contribution in [0.3, 0.4) is 0 Å². The van der Waals surface area contributed by atoms with E-state index in [4.69, 9.17) is 22.4 Å². The molecule has 0 saturated heterocycles. The number of nitrogens with two attached hydrogens (primary N) is 1. The first-order valence-corrected chi connectivity index (χ1v) is 4.69. The van der Waals surface area contributed by atoms with E-state index in [1.165, 1.54) is 6.20 Å². The van der Waals surface area contributed by atoms with Crippen LogP contribution in [-0.4, -0.2) is 38.0 Å². The molecule has 0 aliphatic carbocycles. The number of hydrogen-bond acceptors (Lipinski definition) is 6. The number of halogens is 1. The van der Waals surface area contributed by atoms with Crippen LogP contribution in [0.15, 0.2) is 6.20 Å². The summed E-state index contributed by atoms with van der Waals surface area (Å²) in [6.45, 7) is -0.230. The van der Waals surface area contributed by atoms with E-state index in [9.17, 15) is 10.2 Å². The Balaban J connectivity index is 2.86. The summed E-state index contributed by atoms with van der Waals surface area (Å²) in [4.78, 5) is 7.28. The fourth-order valence-corrected chi connectivity index (χ4v) is 1.25. The Bertz CT molecular complexity index is 337. The molecule has 2 atom stereocenters. The molecule has 15 heavy (non-hydrogen) atoms. The van der Waals surface area contributed by atoms with Crippen molar-refractivity contribution in [2.45, 2.75) is 18.6 Å². The normalized spacial score (nSPS) is 14.9. The lowest BCUT2D eigenvalue weighted by atomic mass is 10.0. The topological polar surface area (TPSA) is 112 Å². The third-order valence-corrected chi connectivity index (χ3v) is 2.11. The van der Waals surface area contributed by atoms with Gasteiger partial charge in [-0.3, -0.25) is 0 Å². The number of aliphatic hydroxyl groups excluding tert-OH is 3. The number of anilines is 1. The highest BCUT2D eigenvalue weighted by Gasteiger charge is 2.21. The zero-order valence-corrected chi connectivity index (χ0v) is 8.59. The van der Waals surface area contributed by atoms with Crippen molar-refractivity contribution in [3.63, 3.8) is 0 Å². The summed E-state index contributed by atoms with van der Waals surface area (Å²) in [6, 6.07) is 0. The molecule has 1 aromatic heterocycles. The van der Waals surface area contributed by atoms with E-state index >= 15 is 0 Å². The summed E-state index contributed by atoms with van der Waals surface area (Å²) in [5, 5.41) is 27.6. The monoisotopic (exact) mass is 233 g/mol. The van der Waals surface area contributed by atoms with Crippen LogP contribution in [0.4, 0.5) is 5.82 Å². The van der Waals surface area contributed by atoms with Gasteiger partial charge >= 0.3 is 0 Å². The van der Waals surface area contributed by atoms with Gasteiger partial charge in [0.2, 0.25) is 5.28 Å². The molecular formula is C8H12ClN3O3. The van der Waals surface area contributed by atoms with Crippen molar-refractivity contribution in [2.24, 2.45) is 0 Å². The molecule has 84 valence electrons. The highest BCUT2D eigenvalue weighted by Crippen LogP contribution is 2.23. The number of hydrogen-bond donors (Lipinski definition) is 4. The molecule has 0 saturated carbocycles. The van der Waals surface area contributed by atoms with E-state index in [1.54, 1.807) is 0 Å². The van der Waals surface area contributed by atoms with E-state index < -0.39 is 12.2 Å². The van der Waals surface area contributed by atoms with Gasteiger partial charge in [-0.1, -0.05) is 0 Å². The maximum Gasteiger partial charge on any atom is 0.224 e. The fourth-order valence-electron chi connectivity index (χ4n) is 1.11. The zero-order valence-electron chi connectivity index (χ0n) is 7.84. The van der Waals surface area contributed by atoms with Crippen molar-refractivity contribution in [3.8, 4) is 0 Å². The van der Waals surface area contributed by atoms with Gasteiger partial charge < -0.3 is 21.1 Å². The Labute approximate surface area is 91.4 Å². The Hall–Kier alpha value is -0.950. The van der Waals surface area contributed by atoms with Gasteiger partial charge in [0.15, 0.2) is 0 Å². The molecule has 6 nitrogen and oxygen atoms in total. The van der Waals surface area contributed by atoms with Gasteiger partial charge in [-0.25, -0.2) is 9.97 Å². The van der Waals surface area contributed by atoms with Crippen molar-refractivity contribution in [2.75, 3.05) is 12.3 Å². The Morgan fingerprint density at radius 1 is 1.47 bits per heavy atom. The van der Waals surface area contributed by atoms with Gasteiger partial charge in [0.25, 0.3) is 0 Å². The van der Waals surface area contributed by atoms with Crippen LogP contribution in [0.5, 0.6) is 0 Å². The van der Waals surface area contributed by atoms with Crippen LogP contribution in [0.25, 0.3) is 0 Å². The Morgan fingerprint density at radius 3 is 2.67 bits per heavy atom. The quantitative estimate of drug-likeness (QED) is 0.521. The van der Waals surface area contributed by atoms with Crippen LogP contribution < -0.4 is 5.73 Å². The standard InChI is InChI=1S/C8H12ClN3O3/c9-8-11-3-4(7(10)12-8)6(15)5(14)1-2-13/h3,5-6,13-15H,1-2H2,(H2,10,11,12). The molecule has 0 radical (unpaired) electrons. The van der Waals surface area contributed by atoms with Crippen molar-refractivity contribution in [3.05, 3.63) is 17.0 Å². The van der Waals surface area contributed by atoms with E-state index in [2.05, 4.69) is 9.97 Å². The summed E-state index contributed by atoms with van der Waals surface area (Å²) >= 11 is 5.48. The van der Waals surface area contributed by atoms with E-state index in [0.717, 1.165) is 0 Å². The van der Waals surface area contributed by atoms with Crippen LogP contribution in [0.1, 0.15) is 18.1 Å². The summed E-state index contributed by atoms with van der Waals surface area (Å²) in [5.74, 6) is 0.0134. The van der Waals surface area contributed by atoms with Crippen LogP contribution in [0.2, 0.25) is 5.28 Å². The first-order valence-electron chi connectivity index (χ1n) is 4.31. The lowest BCUT2D eigenvalue weighted by Crippen LogP contribution is -2.21. The smallest absolute Gasteiger partial charge is 0.224 e. The highest BCUT2D eigenvalue weighted by atomic mass is 35.5. The van der Waals surface area contributed by atoms with Gasteiger partial charge in [-0.15, -0.1) is 0 Å². The van der Waals surface area contributed by atoms with Crippen LogP contribution in [-0.2, 0) is 0 Å². The lowest BCUT2D eigenvalue weighted by Gasteiger charge is -2.17.